The Morgan fingerprint density at radius 1 is 1.11 bits per heavy atom. The quantitative estimate of drug-likeness (QED) is 0.464. The van der Waals surface area contributed by atoms with Crippen LogP contribution in [0, 0.1) is 13.8 Å². The number of imidazole rings is 1. The Balaban J connectivity index is 1.75. The lowest BCUT2D eigenvalue weighted by Crippen LogP contribution is -2.05. The van der Waals surface area contributed by atoms with E-state index in [1.165, 1.54) is 35.0 Å². The number of carbonyl (C=O) groups is 1. The van der Waals surface area contributed by atoms with Crippen molar-refractivity contribution < 1.29 is 13.2 Å². The van der Waals surface area contributed by atoms with Gasteiger partial charge < -0.3 is 0 Å². The van der Waals surface area contributed by atoms with Crippen LogP contribution in [0.15, 0.2) is 64.9 Å². The van der Waals surface area contributed by atoms with Gasteiger partial charge >= 0.3 is 0 Å². The summed E-state index contributed by atoms with van der Waals surface area (Å²) < 4.78 is 25.0. The van der Waals surface area contributed by atoms with Crippen molar-refractivity contribution in [2.45, 2.75) is 23.9 Å². The molecule has 0 aliphatic rings. The highest BCUT2D eigenvalue weighted by Gasteiger charge is 2.13. The fourth-order valence-corrected chi connectivity index (χ4v) is 4.17. The van der Waals surface area contributed by atoms with Crippen LogP contribution in [0.1, 0.15) is 21.5 Å². The van der Waals surface area contributed by atoms with Crippen molar-refractivity contribution >= 4 is 27.4 Å². The predicted molar refractivity (Wildman–Crippen MR) is 108 cm³/mol. The maximum absolute atomic E-state index is 12.5. The Morgan fingerprint density at radius 2 is 1.81 bits per heavy atom. The molecule has 0 unspecified atom stereocenters. The molecule has 2 aromatic carbocycles. The van der Waals surface area contributed by atoms with Crippen molar-refractivity contribution in [1.29, 1.82) is 0 Å². The normalized spacial score (nSPS) is 11.5. The average Bonchev–Trinajstić information content (AvgIpc) is 3.09. The number of carbonyl (C=O) groups excluding carboxylic acids is 1. The molecule has 0 aliphatic heterocycles. The molecule has 7 heteroatoms. The van der Waals surface area contributed by atoms with E-state index in [9.17, 15) is 13.2 Å². The predicted octanol–water partition coefficient (Wildman–Crippen LogP) is 3.87. The highest BCUT2D eigenvalue weighted by molar-refractivity contribution is 7.99. The van der Waals surface area contributed by atoms with E-state index in [-0.39, 0.29) is 16.4 Å². The molecule has 0 atom stereocenters. The Labute approximate surface area is 163 Å². The number of benzene rings is 2. The molecule has 27 heavy (non-hydrogen) atoms. The minimum Gasteiger partial charge on any atom is -0.295 e. The van der Waals surface area contributed by atoms with Crippen LogP contribution in [0.25, 0.3) is 5.69 Å². The Bertz CT molecular complexity index is 1080. The number of aryl methyl sites for hydroxylation is 1. The summed E-state index contributed by atoms with van der Waals surface area (Å²) >= 11 is 1.36. The van der Waals surface area contributed by atoms with E-state index >= 15 is 0 Å². The largest absolute Gasteiger partial charge is 0.295 e. The van der Waals surface area contributed by atoms with Crippen LogP contribution in [0.3, 0.4) is 0 Å². The molecular weight excluding hydrogens is 380 g/mol. The average molecular weight is 401 g/mol. The lowest BCUT2D eigenvalue weighted by molar-refractivity contribution is 0.102. The summed E-state index contributed by atoms with van der Waals surface area (Å²) in [5.41, 5.74) is 3.89. The summed E-state index contributed by atoms with van der Waals surface area (Å²) in [6.45, 7) is 4.12. The molecule has 0 radical (unpaired) electrons. The number of hydrogen-bond acceptors (Lipinski definition) is 5. The number of rotatable bonds is 6. The van der Waals surface area contributed by atoms with Crippen molar-refractivity contribution in [3.8, 4) is 5.69 Å². The molecule has 3 rings (SSSR count). The number of thioether (sulfide) groups is 1. The van der Waals surface area contributed by atoms with Crippen molar-refractivity contribution in [1.82, 2.24) is 9.55 Å². The molecule has 3 aromatic rings. The Morgan fingerprint density at radius 3 is 2.48 bits per heavy atom. The zero-order valence-corrected chi connectivity index (χ0v) is 17.0. The van der Waals surface area contributed by atoms with Crippen LogP contribution in [0.5, 0.6) is 0 Å². The van der Waals surface area contributed by atoms with Gasteiger partial charge in [-0.15, -0.1) is 0 Å². The minimum absolute atomic E-state index is 0.0736. The summed E-state index contributed by atoms with van der Waals surface area (Å²) in [7, 11) is -3.27. The topological polar surface area (TPSA) is 69.0 Å². The first kappa shape index (κ1) is 19.4. The standard InChI is InChI=1S/C20H20N2O3S2/c1-14-5-4-6-18(15(14)2)22-12-11-21-20(22)26-13-19(23)16-7-9-17(10-8-16)27(3,24)25/h4-12H,13H2,1-3H3. The summed E-state index contributed by atoms with van der Waals surface area (Å²) in [5.74, 6) is 0.149. The summed E-state index contributed by atoms with van der Waals surface area (Å²) in [6, 6.07) is 12.1. The van der Waals surface area contributed by atoms with Crippen LogP contribution >= 0.6 is 11.8 Å². The van der Waals surface area contributed by atoms with Crippen molar-refractivity contribution in [3.05, 3.63) is 71.5 Å². The van der Waals surface area contributed by atoms with E-state index in [1.54, 1.807) is 18.3 Å². The maximum atomic E-state index is 12.5. The highest BCUT2D eigenvalue weighted by Crippen LogP contribution is 2.25. The molecule has 0 N–H and O–H groups in total. The van der Waals surface area contributed by atoms with E-state index < -0.39 is 9.84 Å². The van der Waals surface area contributed by atoms with E-state index in [0.717, 1.165) is 17.1 Å². The van der Waals surface area contributed by atoms with Gasteiger partial charge in [-0.25, -0.2) is 13.4 Å². The third-order valence-electron chi connectivity index (χ3n) is 4.38. The number of hydrogen-bond donors (Lipinski definition) is 0. The lowest BCUT2D eigenvalue weighted by Gasteiger charge is -2.12. The molecule has 0 spiro atoms. The van der Waals surface area contributed by atoms with Crippen LogP contribution in [-0.2, 0) is 9.84 Å². The van der Waals surface area contributed by atoms with Gasteiger partial charge in [-0.3, -0.25) is 9.36 Å². The van der Waals surface area contributed by atoms with Crippen LogP contribution < -0.4 is 0 Å². The number of aromatic nitrogens is 2. The molecular formula is C20H20N2O3S2. The molecule has 1 aromatic heterocycles. The van der Waals surface area contributed by atoms with Crippen molar-refractivity contribution in [3.63, 3.8) is 0 Å². The second-order valence-corrected chi connectivity index (χ2v) is 9.27. The molecule has 0 saturated carbocycles. The van der Waals surface area contributed by atoms with Crippen molar-refractivity contribution in [2.75, 3.05) is 12.0 Å². The summed E-state index contributed by atoms with van der Waals surface area (Å²) in [6.07, 6.45) is 4.75. The van der Waals surface area contributed by atoms with E-state index in [4.69, 9.17) is 0 Å². The first-order valence-corrected chi connectivity index (χ1v) is 11.2. The maximum Gasteiger partial charge on any atom is 0.175 e. The lowest BCUT2D eigenvalue weighted by atomic mass is 10.1. The monoisotopic (exact) mass is 400 g/mol. The molecule has 140 valence electrons. The zero-order valence-electron chi connectivity index (χ0n) is 15.3. The summed E-state index contributed by atoms with van der Waals surface area (Å²) in [5, 5.41) is 0.741. The van der Waals surface area contributed by atoms with Crippen LogP contribution in [0.2, 0.25) is 0 Å². The SMILES string of the molecule is Cc1cccc(-n2ccnc2SCC(=O)c2ccc(S(C)(=O)=O)cc2)c1C. The molecule has 5 nitrogen and oxygen atoms in total. The van der Waals surface area contributed by atoms with Crippen LogP contribution in [-0.4, -0.2) is 35.8 Å². The van der Waals surface area contributed by atoms with Gasteiger partial charge in [-0.05, 0) is 43.2 Å². The van der Waals surface area contributed by atoms with E-state index in [1.807, 2.05) is 22.9 Å². The van der Waals surface area contributed by atoms with Gasteiger partial charge in [0.05, 0.1) is 16.3 Å². The first-order chi connectivity index (χ1) is 12.8. The fourth-order valence-electron chi connectivity index (χ4n) is 2.68. The molecule has 0 bridgehead atoms. The van der Waals surface area contributed by atoms with E-state index in [2.05, 4.69) is 24.9 Å². The van der Waals surface area contributed by atoms with Gasteiger partial charge in [0.1, 0.15) is 0 Å². The van der Waals surface area contributed by atoms with Gasteiger partial charge in [0.15, 0.2) is 20.8 Å². The highest BCUT2D eigenvalue weighted by atomic mass is 32.2. The Hall–Kier alpha value is -2.38. The zero-order chi connectivity index (χ0) is 19.6. The number of nitrogens with zero attached hydrogens (tertiary/aromatic N) is 2. The first-order valence-electron chi connectivity index (χ1n) is 8.33. The second-order valence-electron chi connectivity index (χ2n) is 6.31. The smallest absolute Gasteiger partial charge is 0.175 e. The van der Waals surface area contributed by atoms with Crippen molar-refractivity contribution in [2.24, 2.45) is 0 Å². The molecule has 1 heterocycles. The number of ketones is 1. The minimum atomic E-state index is -3.27. The molecule has 0 saturated heterocycles. The fraction of sp³-hybridized carbons (Fsp3) is 0.200. The van der Waals surface area contributed by atoms with E-state index in [0.29, 0.717) is 5.56 Å². The summed E-state index contributed by atoms with van der Waals surface area (Å²) in [4.78, 5) is 17.0. The third kappa shape index (κ3) is 4.31. The number of sulfone groups is 1. The van der Waals surface area contributed by atoms with Gasteiger partial charge in [0.25, 0.3) is 0 Å². The number of Topliss-reactive ketones (excluding diaryl/α,β-unsaturated/α-hetero) is 1. The van der Waals surface area contributed by atoms with Gasteiger partial charge in [-0.2, -0.15) is 0 Å². The van der Waals surface area contributed by atoms with Gasteiger partial charge in [0, 0.05) is 24.2 Å². The second kappa shape index (κ2) is 7.70. The molecule has 0 aliphatic carbocycles. The Kier molecular flexibility index (Phi) is 5.53. The molecule has 0 fully saturated rings. The van der Waals surface area contributed by atoms with Gasteiger partial charge in [-0.1, -0.05) is 36.0 Å². The third-order valence-corrected chi connectivity index (χ3v) is 6.47. The van der Waals surface area contributed by atoms with Crippen LogP contribution in [0.4, 0.5) is 0 Å². The molecule has 0 amide bonds. The van der Waals surface area contributed by atoms with Gasteiger partial charge in [0.2, 0.25) is 0 Å².